The average Bonchev–Trinajstić information content (AvgIpc) is 2.91. The number of carbonyl (C=O) groups is 2. The zero-order chi connectivity index (χ0) is 14.5. The summed E-state index contributed by atoms with van der Waals surface area (Å²) in [6, 6.07) is 4.86. The number of aromatic nitrogens is 3. The molecule has 2 rings (SSSR count). The summed E-state index contributed by atoms with van der Waals surface area (Å²) in [6.45, 7) is 2.18. The van der Waals surface area contributed by atoms with E-state index in [-0.39, 0.29) is 17.9 Å². The summed E-state index contributed by atoms with van der Waals surface area (Å²) in [6.07, 6.45) is 3.10. The third kappa shape index (κ3) is 3.41. The van der Waals surface area contributed by atoms with Crippen molar-refractivity contribution in [2.75, 3.05) is 5.32 Å². The minimum atomic E-state index is -1.07. The van der Waals surface area contributed by atoms with Crippen LogP contribution >= 0.6 is 0 Å². The molecule has 0 aliphatic rings. The third-order valence-electron chi connectivity index (χ3n) is 2.71. The predicted molar refractivity (Wildman–Crippen MR) is 71.4 cm³/mol. The maximum atomic E-state index is 11.8. The molecule has 104 valence electrons. The lowest BCUT2D eigenvalue weighted by Crippen LogP contribution is -2.17. The molecule has 0 atom stereocenters. The Hall–Kier alpha value is -2.70. The molecular weight excluding hydrogens is 260 g/mol. The van der Waals surface area contributed by atoms with Gasteiger partial charge in [-0.15, -0.1) is 0 Å². The van der Waals surface area contributed by atoms with Gasteiger partial charge in [0.15, 0.2) is 0 Å². The number of nitrogens with one attached hydrogen (secondary N) is 1. The fourth-order valence-electron chi connectivity index (χ4n) is 1.72. The van der Waals surface area contributed by atoms with Crippen LogP contribution in [0.15, 0.2) is 30.9 Å². The summed E-state index contributed by atoms with van der Waals surface area (Å²) in [5, 5.41) is 15.6. The molecule has 0 saturated carbocycles. The van der Waals surface area contributed by atoms with E-state index in [1.165, 1.54) is 23.4 Å². The van der Waals surface area contributed by atoms with Gasteiger partial charge in [-0.1, -0.05) is 11.6 Å². The fourth-order valence-corrected chi connectivity index (χ4v) is 1.72. The molecule has 0 spiro atoms. The Morgan fingerprint density at radius 2 is 2.20 bits per heavy atom. The maximum Gasteiger partial charge on any atom is 0.337 e. The first-order valence-corrected chi connectivity index (χ1v) is 6.02. The first kappa shape index (κ1) is 13.7. The highest BCUT2D eigenvalue weighted by molar-refractivity contribution is 6.00. The molecule has 0 aliphatic heterocycles. The van der Waals surface area contributed by atoms with Crippen molar-refractivity contribution < 1.29 is 14.7 Å². The number of carbonyl (C=O) groups excluding carboxylic acids is 1. The number of carboxylic acids is 1. The molecule has 1 amide bonds. The molecular formula is C13H14N4O3. The topological polar surface area (TPSA) is 97.1 Å². The van der Waals surface area contributed by atoms with Crippen molar-refractivity contribution in [1.29, 1.82) is 0 Å². The van der Waals surface area contributed by atoms with E-state index in [2.05, 4.69) is 15.4 Å². The molecule has 20 heavy (non-hydrogen) atoms. The number of nitrogens with zero attached hydrogens (tertiary/aromatic N) is 3. The van der Waals surface area contributed by atoms with Crippen LogP contribution < -0.4 is 5.32 Å². The molecule has 0 saturated heterocycles. The Labute approximate surface area is 115 Å². The Kier molecular flexibility index (Phi) is 4.09. The molecule has 1 aromatic carbocycles. The van der Waals surface area contributed by atoms with Crippen molar-refractivity contribution in [3.8, 4) is 0 Å². The number of carboxylic acid groups (broad SMARTS) is 1. The van der Waals surface area contributed by atoms with E-state index in [1.54, 1.807) is 19.1 Å². The predicted octanol–water partition coefficient (Wildman–Crippen LogP) is 1.31. The van der Waals surface area contributed by atoms with Gasteiger partial charge in [0.25, 0.3) is 0 Å². The minimum Gasteiger partial charge on any atom is -0.478 e. The first-order valence-electron chi connectivity index (χ1n) is 6.02. The summed E-state index contributed by atoms with van der Waals surface area (Å²) in [5.41, 5.74) is 1.20. The summed E-state index contributed by atoms with van der Waals surface area (Å²) < 4.78 is 1.53. The number of rotatable bonds is 5. The molecule has 0 unspecified atom stereocenters. The molecule has 1 heterocycles. The highest BCUT2D eigenvalue weighted by Gasteiger charge is 2.12. The van der Waals surface area contributed by atoms with Gasteiger partial charge in [-0.2, -0.15) is 5.10 Å². The molecule has 7 nitrogen and oxygen atoms in total. The smallest absolute Gasteiger partial charge is 0.337 e. The number of aromatic carboxylic acids is 1. The van der Waals surface area contributed by atoms with Gasteiger partial charge in [0.2, 0.25) is 5.91 Å². The molecule has 0 radical (unpaired) electrons. The van der Waals surface area contributed by atoms with Crippen LogP contribution in [0.4, 0.5) is 5.69 Å². The van der Waals surface area contributed by atoms with Crippen LogP contribution in [0.25, 0.3) is 0 Å². The van der Waals surface area contributed by atoms with Gasteiger partial charge >= 0.3 is 5.97 Å². The van der Waals surface area contributed by atoms with Crippen LogP contribution in [0, 0.1) is 6.92 Å². The summed E-state index contributed by atoms with van der Waals surface area (Å²) >= 11 is 0. The van der Waals surface area contributed by atoms with Crippen molar-refractivity contribution in [2.24, 2.45) is 0 Å². The number of amides is 1. The van der Waals surface area contributed by atoms with Gasteiger partial charge in [-0.3, -0.25) is 9.48 Å². The second-order valence-electron chi connectivity index (χ2n) is 4.31. The zero-order valence-electron chi connectivity index (χ0n) is 10.9. The number of hydrogen-bond donors (Lipinski definition) is 2. The standard InChI is InChI=1S/C13H14N4O3/c1-9-2-3-11(10(6-9)13(19)20)16-12(18)4-5-17-8-14-7-15-17/h2-3,6-8H,4-5H2,1H3,(H,16,18)(H,19,20). The Morgan fingerprint density at radius 1 is 1.40 bits per heavy atom. The monoisotopic (exact) mass is 274 g/mol. The second kappa shape index (κ2) is 5.96. The summed E-state index contributed by atoms with van der Waals surface area (Å²) in [4.78, 5) is 26.7. The molecule has 2 aromatic rings. The lowest BCUT2D eigenvalue weighted by Gasteiger charge is -2.09. The number of aryl methyl sites for hydroxylation is 2. The SMILES string of the molecule is Cc1ccc(NC(=O)CCn2cncn2)c(C(=O)O)c1. The van der Waals surface area contributed by atoms with E-state index in [4.69, 9.17) is 5.11 Å². The normalized spacial score (nSPS) is 10.2. The van der Waals surface area contributed by atoms with E-state index in [1.807, 2.05) is 0 Å². The van der Waals surface area contributed by atoms with Gasteiger partial charge in [0.05, 0.1) is 17.8 Å². The van der Waals surface area contributed by atoms with E-state index >= 15 is 0 Å². The minimum absolute atomic E-state index is 0.0825. The first-order chi connectivity index (χ1) is 9.56. The molecule has 2 N–H and O–H groups in total. The molecule has 1 aromatic heterocycles. The fraction of sp³-hybridized carbons (Fsp3) is 0.231. The quantitative estimate of drug-likeness (QED) is 0.856. The van der Waals surface area contributed by atoms with E-state index in [0.717, 1.165) is 5.56 Å². The van der Waals surface area contributed by atoms with E-state index in [9.17, 15) is 9.59 Å². The Balaban J connectivity index is 2.02. The van der Waals surface area contributed by atoms with Gasteiger partial charge in [0.1, 0.15) is 12.7 Å². The van der Waals surface area contributed by atoms with Crippen LogP contribution in [-0.4, -0.2) is 31.7 Å². The largest absolute Gasteiger partial charge is 0.478 e. The van der Waals surface area contributed by atoms with Crippen LogP contribution in [-0.2, 0) is 11.3 Å². The van der Waals surface area contributed by atoms with Gasteiger partial charge < -0.3 is 10.4 Å². The number of hydrogen-bond acceptors (Lipinski definition) is 4. The van der Waals surface area contributed by atoms with Gasteiger partial charge in [-0.25, -0.2) is 9.78 Å². The Bertz CT molecular complexity index is 623. The van der Waals surface area contributed by atoms with E-state index in [0.29, 0.717) is 12.2 Å². The van der Waals surface area contributed by atoms with E-state index < -0.39 is 5.97 Å². The molecule has 0 fully saturated rings. The molecule has 0 aliphatic carbocycles. The molecule has 7 heteroatoms. The number of benzene rings is 1. The highest BCUT2D eigenvalue weighted by atomic mass is 16.4. The lowest BCUT2D eigenvalue weighted by atomic mass is 10.1. The Morgan fingerprint density at radius 3 is 2.85 bits per heavy atom. The second-order valence-corrected chi connectivity index (χ2v) is 4.31. The number of anilines is 1. The third-order valence-corrected chi connectivity index (χ3v) is 2.71. The molecule has 0 bridgehead atoms. The van der Waals surface area contributed by atoms with Crippen molar-refractivity contribution >= 4 is 17.6 Å². The van der Waals surface area contributed by atoms with Crippen molar-refractivity contribution in [3.05, 3.63) is 42.0 Å². The van der Waals surface area contributed by atoms with Crippen LogP contribution in [0.2, 0.25) is 0 Å². The van der Waals surface area contributed by atoms with Crippen molar-refractivity contribution in [3.63, 3.8) is 0 Å². The van der Waals surface area contributed by atoms with Crippen molar-refractivity contribution in [1.82, 2.24) is 14.8 Å². The lowest BCUT2D eigenvalue weighted by molar-refractivity contribution is -0.116. The van der Waals surface area contributed by atoms with Crippen LogP contribution in [0.5, 0.6) is 0 Å². The zero-order valence-corrected chi connectivity index (χ0v) is 10.9. The average molecular weight is 274 g/mol. The summed E-state index contributed by atoms with van der Waals surface area (Å²) in [5.74, 6) is -1.34. The van der Waals surface area contributed by atoms with Crippen LogP contribution in [0.1, 0.15) is 22.3 Å². The van der Waals surface area contributed by atoms with Crippen molar-refractivity contribution in [2.45, 2.75) is 19.9 Å². The van der Waals surface area contributed by atoms with Crippen LogP contribution in [0.3, 0.4) is 0 Å². The summed E-state index contributed by atoms with van der Waals surface area (Å²) in [7, 11) is 0. The van der Waals surface area contributed by atoms with Gasteiger partial charge in [0, 0.05) is 6.42 Å². The highest BCUT2D eigenvalue weighted by Crippen LogP contribution is 2.17. The van der Waals surface area contributed by atoms with Gasteiger partial charge in [-0.05, 0) is 19.1 Å². The maximum absolute atomic E-state index is 11.8.